The van der Waals surface area contributed by atoms with E-state index in [-0.39, 0.29) is 23.3 Å². The smallest absolute Gasteiger partial charge is 0.271 e. The molecule has 0 radical (unpaired) electrons. The van der Waals surface area contributed by atoms with E-state index in [1.54, 1.807) is 55.5 Å². The Labute approximate surface area is 267 Å². The number of carbonyl (C=O) groups excluding carboxylic acids is 1. The normalized spacial score (nSPS) is 14.6. The molecule has 0 bridgehead atoms. The van der Waals surface area contributed by atoms with E-state index in [0.717, 1.165) is 16.2 Å². The second kappa shape index (κ2) is 12.8. The van der Waals surface area contributed by atoms with Crippen LogP contribution < -0.4 is 29.7 Å². The summed E-state index contributed by atoms with van der Waals surface area (Å²) in [7, 11) is 1.37. The maximum absolute atomic E-state index is 14.2. The fourth-order valence-corrected chi connectivity index (χ4v) is 6.90. The highest BCUT2D eigenvalue weighted by Crippen LogP contribution is 2.33. The Morgan fingerprint density at radius 1 is 1.02 bits per heavy atom. The van der Waals surface area contributed by atoms with Crippen molar-refractivity contribution in [2.45, 2.75) is 19.6 Å². The number of halogens is 4. The molecule has 1 aliphatic rings. The van der Waals surface area contributed by atoms with Crippen LogP contribution in [0.4, 0.5) is 23.2 Å². The number of rotatable bonds is 8. The van der Waals surface area contributed by atoms with Gasteiger partial charge in [-0.05, 0) is 54.3 Å². The first-order valence-electron chi connectivity index (χ1n) is 13.7. The summed E-state index contributed by atoms with van der Waals surface area (Å²) in [5, 5.41) is 4.77. The Balaban J connectivity index is 1.38. The third-order valence-corrected chi connectivity index (χ3v) is 9.06. The highest BCUT2D eigenvalue weighted by atomic mass is 32.1. The molecule has 234 valence electrons. The maximum Gasteiger partial charge on any atom is 0.271 e. The number of hydrogen-bond donors (Lipinski definition) is 1. The minimum Gasteiger partial charge on any atom is -0.496 e. The molecule has 6 rings (SSSR count). The summed E-state index contributed by atoms with van der Waals surface area (Å²) in [6.45, 7) is 1.23. The molecule has 46 heavy (non-hydrogen) atoms. The Hall–Kier alpha value is -5.01. The number of thiazole rings is 1. The topological polar surface area (TPSA) is 81.9 Å². The lowest BCUT2D eigenvalue weighted by Gasteiger charge is -2.24. The summed E-state index contributed by atoms with van der Waals surface area (Å²) in [5.74, 6) is -7.83. The average Bonchev–Trinajstić information content (AvgIpc) is 3.68. The van der Waals surface area contributed by atoms with Gasteiger partial charge < -0.3 is 14.8 Å². The van der Waals surface area contributed by atoms with E-state index >= 15 is 0 Å². The summed E-state index contributed by atoms with van der Waals surface area (Å²) in [6, 6.07) is 16.8. The second-order valence-electron chi connectivity index (χ2n) is 10.1. The molecule has 2 aromatic heterocycles. The Bertz CT molecular complexity index is 2150. The van der Waals surface area contributed by atoms with Gasteiger partial charge in [0.15, 0.2) is 22.2 Å². The zero-order valence-corrected chi connectivity index (χ0v) is 25.8. The van der Waals surface area contributed by atoms with Gasteiger partial charge in [0.1, 0.15) is 18.4 Å². The molecule has 0 spiro atoms. The van der Waals surface area contributed by atoms with Crippen molar-refractivity contribution in [2.75, 3.05) is 12.4 Å². The van der Waals surface area contributed by atoms with Crippen LogP contribution in [0.1, 0.15) is 29.0 Å². The van der Waals surface area contributed by atoms with Gasteiger partial charge in [0.25, 0.3) is 11.5 Å². The molecule has 0 fully saturated rings. The molecule has 13 heteroatoms. The standard InChI is InChI=1S/C33H23F4N3O4S2/c1-17-26(31(41)39-20-7-4-3-5-8-20)29(24-9-6-12-45-24)40-32(42)25(46-33(40)38-17)14-18-10-11-23(43-2)19(13-18)16-44-30-27(36)21(34)15-22(35)28(30)37/h3-15,29H,16H2,1-2H3,(H,39,41)/b25-14+/t29-/m0/s1. The first-order chi connectivity index (χ1) is 22.2. The van der Waals surface area contributed by atoms with Crippen molar-refractivity contribution >= 4 is 40.3 Å². The van der Waals surface area contributed by atoms with Gasteiger partial charge in [0.2, 0.25) is 11.6 Å². The number of hydrogen-bond acceptors (Lipinski definition) is 7. The zero-order chi connectivity index (χ0) is 32.5. The van der Waals surface area contributed by atoms with Crippen LogP contribution >= 0.6 is 22.7 Å². The molecule has 1 amide bonds. The molecule has 7 nitrogen and oxygen atoms in total. The predicted octanol–water partition coefficient (Wildman–Crippen LogP) is 6.08. The predicted molar refractivity (Wildman–Crippen MR) is 167 cm³/mol. The van der Waals surface area contributed by atoms with E-state index < -0.39 is 41.7 Å². The molecule has 1 N–H and O–H groups in total. The molecule has 0 saturated heterocycles. The zero-order valence-electron chi connectivity index (χ0n) is 24.1. The van der Waals surface area contributed by atoms with Crippen LogP contribution in [0.2, 0.25) is 0 Å². The number of allylic oxidation sites excluding steroid dienone is 1. The van der Waals surface area contributed by atoms with Crippen LogP contribution in [0.5, 0.6) is 11.5 Å². The van der Waals surface area contributed by atoms with Crippen molar-refractivity contribution in [3.05, 3.63) is 142 Å². The van der Waals surface area contributed by atoms with Crippen LogP contribution in [-0.4, -0.2) is 17.6 Å². The number of amides is 1. The van der Waals surface area contributed by atoms with Gasteiger partial charge >= 0.3 is 0 Å². The second-order valence-corrected chi connectivity index (χ2v) is 12.1. The number of ether oxygens (including phenoxy) is 2. The van der Waals surface area contributed by atoms with Gasteiger partial charge in [-0.2, -0.15) is 8.78 Å². The van der Waals surface area contributed by atoms with Crippen LogP contribution in [0.25, 0.3) is 6.08 Å². The van der Waals surface area contributed by atoms with Crippen LogP contribution in [-0.2, 0) is 11.4 Å². The highest BCUT2D eigenvalue weighted by molar-refractivity contribution is 7.10. The van der Waals surface area contributed by atoms with Crippen molar-refractivity contribution < 1.29 is 31.8 Å². The van der Waals surface area contributed by atoms with Gasteiger partial charge in [-0.25, -0.2) is 13.8 Å². The lowest BCUT2D eigenvalue weighted by Crippen LogP contribution is -2.40. The molecular weight excluding hydrogens is 643 g/mol. The average molecular weight is 666 g/mol. The van der Waals surface area contributed by atoms with E-state index in [1.165, 1.54) is 23.0 Å². The Morgan fingerprint density at radius 2 is 1.76 bits per heavy atom. The number of aromatic nitrogens is 1. The number of fused-ring (bicyclic) bond motifs is 1. The summed E-state index contributed by atoms with van der Waals surface area (Å²) in [5.41, 5.74) is 1.82. The van der Waals surface area contributed by atoms with Crippen LogP contribution in [0, 0.1) is 23.3 Å². The Kier molecular flexibility index (Phi) is 8.61. The van der Waals surface area contributed by atoms with Gasteiger partial charge in [-0.15, -0.1) is 11.3 Å². The molecule has 1 aliphatic heterocycles. The molecule has 0 unspecified atom stereocenters. The van der Waals surface area contributed by atoms with Crippen LogP contribution in [0.15, 0.2) is 93.2 Å². The minimum atomic E-state index is -1.66. The van der Waals surface area contributed by atoms with Crippen LogP contribution in [0.3, 0.4) is 0 Å². The fraction of sp³-hybridized carbons (Fsp3) is 0.121. The number of methoxy groups -OCH3 is 1. The van der Waals surface area contributed by atoms with Crippen molar-refractivity contribution in [3.8, 4) is 11.5 Å². The molecule has 0 aliphatic carbocycles. The molecule has 1 atom stereocenters. The molecule has 5 aromatic rings. The van der Waals surface area contributed by atoms with Gasteiger partial charge in [0.05, 0.1) is 22.9 Å². The number of benzene rings is 3. The third kappa shape index (κ3) is 5.86. The largest absolute Gasteiger partial charge is 0.496 e. The first kappa shape index (κ1) is 31.0. The van der Waals surface area contributed by atoms with E-state index in [4.69, 9.17) is 9.47 Å². The Morgan fingerprint density at radius 3 is 2.43 bits per heavy atom. The van der Waals surface area contributed by atoms with Crippen molar-refractivity contribution in [1.29, 1.82) is 0 Å². The SMILES string of the molecule is COc1ccc(/C=c2/sc3n(c2=O)[C@@H](c2cccs2)C(C(=O)Nc2ccccc2)=C(C)N=3)cc1COc1c(F)c(F)cc(F)c1F. The van der Waals surface area contributed by atoms with Gasteiger partial charge in [0, 0.05) is 22.2 Å². The number of nitrogens with one attached hydrogen (secondary N) is 1. The number of para-hydroxylation sites is 1. The molecule has 3 heterocycles. The van der Waals surface area contributed by atoms with E-state index in [9.17, 15) is 27.2 Å². The quantitative estimate of drug-likeness (QED) is 0.161. The number of thiophene rings is 1. The molecule has 0 saturated carbocycles. The lowest BCUT2D eigenvalue weighted by molar-refractivity contribution is -0.113. The lowest BCUT2D eigenvalue weighted by atomic mass is 10.0. The fourth-order valence-electron chi connectivity index (χ4n) is 5.03. The maximum atomic E-state index is 14.2. The van der Waals surface area contributed by atoms with Gasteiger partial charge in [-0.1, -0.05) is 41.7 Å². The number of carbonyl (C=O) groups is 1. The molecule has 3 aromatic carbocycles. The van der Waals surface area contributed by atoms with Crippen molar-refractivity contribution in [1.82, 2.24) is 4.57 Å². The van der Waals surface area contributed by atoms with E-state index in [1.807, 2.05) is 23.6 Å². The summed E-state index contributed by atoms with van der Waals surface area (Å²) >= 11 is 2.54. The van der Waals surface area contributed by atoms with E-state index in [2.05, 4.69) is 10.3 Å². The summed E-state index contributed by atoms with van der Waals surface area (Å²) in [4.78, 5) is 33.3. The van der Waals surface area contributed by atoms with E-state index in [0.29, 0.717) is 37.4 Å². The van der Waals surface area contributed by atoms with Crippen molar-refractivity contribution in [2.24, 2.45) is 4.99 Å². The van der Waals surface area contributed by atoms with Gasteiger partial charge in [-0.3, -0.25) is 14.2 Å². The number of anilines is 1. The molecular formula is C33H23F4N3O4S2. The first-order valence-corrected chi connectivity index (χ1v) is 15.4. The monoisotopic (exact) mass is 665 g/mol. The third-order valence-electron chi connectivity index (χ3n) is 7.16. The minimum absolute atomic E-state index is 0.0950. The number of nitrogens with zero attached hydrogens (tertiary/aromatic N) is 2. The highest BCUT2D eigenvalue weighted by Gasteiger charge is 2.33. The summed E-state index contributed by atoms with van der Waals surface area (Å²) < 4.78 is 68.0. The van der Waals surface area contributed by atoms with Crippen molar-refractivity contribution in [3.63, 3.8) is 0 Å². The summed E-state index contributed by atoms with van der Waals surface area (Å²) in [6.07, 6.45) is 1.60.